The average molecular weight is 704 g/mol. The van der Waals surface area contributed by atoms with Gasteiger partial charge in [-0.2, -0.15) is 0 Å². The topological polar surface area (TPSA) is 51.8 Å². The standard InChI is InChI=1S/C51H33N3O/c1-4-13-34(14-5-1)37-23-25-38(26-24-37)43-30-42(36-17-8-3-9-18-36)31-44(32-43)51-53-49(40-20-12-19-39(29-40)35-15-6-2-7-16-35)52-50(54-51)41-27-28-46-45-21-10-11-22-47(45)55-48(46)33-41/h1-33H. The highest BCUT2D eigenvalue weighted by atomic mass is 16.3. The Morgan fingerprint density at radius 3 is 1.25 bits per heavy atom. The number of fused-ring (bicyclic) bond motifs is 3. The maximum Gasteiger partial charge on any atom is 0.164 e. The lowest BCUT2D eigenvalue weighted by Gasteiger charge is -2.13. The smallest absolute Gasteiger partial charge is 0.164 e. The monoisotopic (exact) mass is 703 g/mol. The fourth-order valence-electron chi connectivity index (χ4n) is 7.30. The summed E-state index contributed by atoms with van der Waals surface area (Å²) in [4.78, 5) is 15.5. The molecule has 0 spiro atoms. The molecule has 0 saturated heterocycles. The molecule has 0 atom stereocenters. The highest BCUT2D eigenvalue weighted by molar-refractivity contribution is 6.05. The zero-order chi connectivity index (χ0) is 36.6. The summed E-state index contributed by atoms with van der Waals surface area (Å²) in [5.41, 5.74) is 13.3. The highest BCUT2D eigenvalue weighted by Gasteiger charge is 2.17. The van der Waals surface area contributed by atoms with E-state index in [2.05, 4.69) is 158 Å². The van der Waals surface area contributed by atoms with Gasteiger partial charge in [-0.15, -0.1) is 0 Å². The number of hydrogen-bond donors (Lipinski definition) is 0. The third-order valence-corrected chi connectivity index (χ3v) is 10.1. The van der Waals surface area contributed by atoms with Crippen LogP contribution in [0.25, 0.3) is 101 Å². The van der Waals surface area contributed by atoms with E-state index in [-0.39, 0.29) is 0 Å². The Labute approximate surface area is 319 Å². The average Bonchev–Trinajstić information content (AvgIpc) is 3.65. The van der Waals surface area contributed by atoms with E-state index in [4.69, 9.17) is 19.4 Å². The molecule has 8 aromatic carbocycles. The van der Waals surface area contributed by atoms with Crippen LogP contribution < -0.4 is 0 Å². The Balaban J connectivity index is 1.15. The largest absolute Gasteiger partial charge is 0.456 e. The third-order valence-electron chi connectivity index (χ3n) is 10.1. The predicted molar refractivity (Wildman–Crippen MR) is 225 cm³/mol. The summed E-state index contributed by atoms with van der Waals surface area (Å²) < 4.78 is 6.30. The zero-order valence-corrected chi connectivity index (χ0v) is 29.8. The molecule has 0 bridgehead atoms. The molecule has 0 aliphatic carbocycles. The molecule has 0 amide bonds. The zero-order valence-electron chi connectivity index (χ0n) is 29.8. The predicted octanol–water partition coefficient (Wildman–Crippen LogP) is 13.4. The van der Waals surface area contributed by atoms with Gasteiger partial charge < -0.3 is 4.42 Å². The minimum Gasteiger partial charge on any atom is -0.456 e. The number of nitrogens with zero attached hydrogens (tertiary/aromatic N) is 3. The van der Waals surface area contributed by atoms with Gasteiger partial charge in [0.15, 0.2) is 17.5 Å². The molecule has 0 aliphatic rings. The van der Waals surface area contributed by atoms with Crippen molar-refractivity contribution in [2.24, 2.45) is 0 Å². The van der Waals surface area contributed by atoms with E-state index in [1.54, 1.807) is 0 Å². The number of benzene rings is 8. The van der Waals surface area contributed by atoms with E-state index in [9.17, 15) is 0 Å². The molecule has 2 aromatic heterocycles. The van der Waals surface area contributed by atoms with Gasteiger partial charge in [-0.1, -0.05) is 158 Å². The first-order chi connectivity index (χ1) is 27.2. The fraction of sp³-hybridized carbons (Fsp3) is 0. The molecule has 0 saturated carbocycles. The molecule has 4 nitrogen and oxygen atoms in total. The van der Waals surface area contributed by atoms with Crippen LogP contribution in [0.15, 0.2) is 205 Å². The van der Waals surface area contributed by atoms with Crippen molar-refractivity contribution in [2.75, 3.05) is 0 Å². The van der Waals surface area contributed by atoms with E-state index in [0.717, 1.165) is 72.0 Å². The van der Waals surface area contributed by atoms with Crippen LogP contribution >= 0.6 is 0 Å². The van der Waals surface area contributed by atoms with E-state index in [0.29, 0.717) is 17.5 Å². The molecule has 258 valence electrons. The molecule has 0 aliphatic heterocycles. The lowest BCUT2D eigenvalue weighted by molar-refractivity contribution is 0.669. The van der Waals surface area contributed by atoms with Crippen LogP contribution in [0.2, 0.25) is 0 Å². The van der Waals surface area contributed by atoms with Gasteiger partial charge in [0.05, 0.1) is 0 Å². The Morgan fingerprint density at radius 1 is 0.236 bits per heavy atom. The number of para-hydroxylation sites is 1. The van der Waals surface area contributed by atoms with Crippen molar-refractivity contribution in [2.45, 2.75) is 0 Å². The van der Waals surface area contributed by atoms with Gasteiger partial charge in [0, 0.05) is 27.5 Å². The molecule has 0 N–H and O–H groups in total. The van der Waals surface area contributed by atoms with Crippen molar-refractivity contribution in [1.82, 2.24) is 15.0 Å². The molecule has 0 radical (unpaired) electrons. The summed E-state index contributed by atoms with van der Waals surface area (Å²) in [6.45, 7) is 0. The van der Waals surface area contributed by atoms with E-state index in [1.165, 1.54) is 11.1 Å². The molecule has 0 fully saturated rings. The number of hydrogen-bond acceptors (Lipinski definition) is 4. The van der Waals surface area contributed by atoms with Gasteiger partial charge in [0.1, 0.15) is 11.2 Å². The van der Waals surface area contributed by atoms with Crippen molar-refractivity contribution >= 4 is 21.9 Å². The van der Waals surface area contributed by atoms with Gasteiger partial charge in [-0.25, -0.2) is 15.0 Å². The van der Waals surface area contributed by atoms with Crippen LogP contribution in [-0.4, -0.2) is 15.0 Å². The first-order valence-corrected chi connectivity index (χ1v) is 18.4. The van der Waals surface area contributed by atoms with Crippen LogP contribution in [0.5, 0.6) is 0 Å². The van der Waals surface area contributed by atoms with Crippen LogP contribution in [0, 0.1) is 0 Å². The molecule has 55 heavy (non-hydrogen) atoms. The molecule has 10 aromatic rings. The molecule has 4 heteroatoms. The summed E-state index contributed by atoms with van der Waals surface area (Å²) >= 11 is 0. The summed E-state index contributed by atoms with van der Waals surface area (Å²) in [6.07, 6.45) is 0. The summed E-state index contributed by atoms with van der Waals surface area (Å²) in [7, 11) is 0. The van der Waals surface area contributed by atoms with Crippen molar-refractivity contribution in [3.05, 3.63) is 200 Å². The van der Waals surface area contributed by atoms with E-state index >= 15 is 0 Å². The Morgan fingerprint density at radius 2 is 0.618 bits per heavy atom. The van der Waals surface area contributed by atoms with Crippen LogP contribution in [0.1, 0.15) is 0 Å². The molecule has 2 heterocycles. The minimum absolute atomic E-state index is 0.575. The number of aromatic nitrogens is 3. The minimum atomic E-state index is 0.575. The maximum atomic E-state index is 6.30. The van der Waals surface area contributed by atoms with Crippen LogP contribution in [0.4, 0.5) is 0 Å². The molecule has 0 unspecified atom stereocenters. The van der Waals surface area contributed by atoms with Gasteiger partial charge >= 0.3 is 0 Å². The van der Waals surface area contributed by atoms with Gasteiger partial charge in [0.2, 0.25) is 0 Å². The lowest BCUT2D eigenvalue weighted by atomic mass is 9.94. The fourth-order valence-corrected chi connectivity index (χ4v) is 7.30. The third kappa shape index (κ3) is 6.36. The van der Waals surface area contributed by atoms with Crippen LogP contribution in [-0.2, 0) is 0 Å². The second kappa shape index (κ2) is 13.8. The van der Waals surface area contributed by atoms with E-state index < -0.39 is 0 Å². The van der Waals surface area contributed by atoms with Gasteiger partial charge in [-0.05, 0) is 87.0 Å². The first-order valence-electron chi connectivity index (χ1n) is 18.4. The number of rotatable bonds is 7. The molecular formula is C51H33N3O. The Kier molecular flexibility index (Phi) is 8.12. The highest BCUT2D eigenvalue weighted by Crippen LogP contribution is 2.36. The maximum absolute atomic E-state index is 6.30. The molecule has 10 rings (SSSR count). The van der Waals surface area contributed by atoms with Gasteiger partial charge in [0.25, 0.3) is 0 Å². The quantitative estimate of drug-likeness (QED) is 0.166. The lowest BCUT2D eigenvalue weighted by Crippen LogP contribution is -2.01. The van der Waals surface area contributed by atoms with Gasteiger partial charge in [-0.3, -0.25) is 0 Å². The van der Waals surface area contributed by atoms with Crippen LogP contribution in [0.3, 0.4) is 0 Å². The van der Waals surface area contributed by atoms with Crippen molar-refractivity contribution in [3.63, 3.8) is 0 Å². The van der Waals surface area contributed by atoms with Crippen molar-refractivity contribution in [1.29, 1.82) is 0 Å². The van der Waals surface area contributed by atoms with Crippen molar-refractivity contribution in [3.8, 4) is 78.7 Å². The summed E-state index contributed by atoms with van der Waals surface area (Å²) in [5, 5.41) is 2.14. The summed E-state index contributed by atoms with van der Waals surface area (Å²) in [6, 6.07) is 69.5. The molecular weight excluding hydrogens is 671 g/mol. The number of furan rings is 1. The van der Waals surface area contributed by atoms with Crippen molar-refractivity contribution < 1.29 is 4.42 Å². The second-order valence-electron chi connectivity index (χ2n) is 13.7. The normalized spacial score (nSPS) is 11.3. The Bertz CT molecular complexity index is 2950. The van der Waals surface area contributed by atoms with E-state index in [1.807, 2.05) is 42.5 Å². The Hall–Kier alpha value is -7.43. The first kappa shape index (κ1) is 32.2. The summed E-state index contributed by atoms with van der Waals surface area (Å²) in [5.74, 6) is 1.77. The second-order valence-corrected chi connectivity index (χ2v) is 13.7. The SMILES string of the molecule is c1ccc(-c2ccc(-c3cc(-c4ccccc4)cc(-c4nc(-c5cccc(-c6ccccc6)c5)nc(-c5ccc6c(c5)oc5ccccc56)n4)c3)cc2)cc1.